The number of nitrogens with zero attached hydrogens (tertiary/aromatic N) is 4. The summed E-state index contributed by atoms with van der Waals surface area (Å²) in [5, 5.41) is 15.4. The zero-order valence-electron chi connectivity index (χ0n) is 17.0. The van der Waals surface area contributed by atoms with E-state index < -0.39 is 10.7 Å². The SMILES string of the molecule is NC(=O)C1CCN(C(=O)c2cc(-c3ccccc3F)nn2-c2ccc([N+](=O)[O-])cc2)CC1. The third-order valence-electron chi connectivity index (χ3n) is 5.57. The Morgan fingerprint density at radius 1 is 1.09 bits per heavy atom. The second-order valence-corrected chi connectivity index (χ2v) is 7.55. The van der Waals surface area contributed by atoms with Crippen molar-refractivity contribution >= 4 is 17.5 Å². The quantitative estimate of drug-likeness (QED) is 0.485. The maximum Gasteiger partial charge on any atom is 0.272 e. The molecule has 1 aliphatic rings. The summed E-state index contributed by atoms with van der Waals surface area (Å²) in [6, 6.07) is 13.2. The van der Waals surface area contributed by atoms with Crippen LogP contribution < -0.4 is 5.73 Å². The van der Waals surface area contributed by atoms with Crippen LogP contribution in [0.15, 0.2) is 54.6 Å². The number of hydrogen-bond acceptors (Lipinski definition) is 5. The van der Waals surface area contributed by atoms with Gasteiger partial charge in [0.2, 0.25) is 5.91 Å². The monoisotopic (exact) mass is 437 g/mol. The molecule has 1 saturated heterocycles. The minimum atomic E-state index is -0.521. The minimum Gasteiger partial charge on any atom is -0.369 e. The van der Waals surface area contributed by atoms with Crippen LogP contribution in [0.4, 0.5) is 10.1 Å². The molecule has 0 bridgehead atoms. The van der Waals surface area contributed by atoms with Crippen molar-refractivity contribution in [1.29, 1.82) is 0 Å². The molecule has 9 nitrogen and oxygen atoms in total. The number of nitrogens with two attached hydrogens (primary N) is 1. The molecule has 10 heteroatoms. The lowest BCUT2D eigenvalue weighted by Crippen LogP contribution is -2.42. The number of piperidine rings is 1. The molecule has 2 heterocycles. The van der Waals surface area contributed by atoms with Gasteiger partial charge >= 0.3 is 0 Å². The maximum atomic E-state index is 14.4. The molecule has 1 aromatic heterocycles. The molecular formula is C22H20FN5O4. The topological polar surface area (TPSA) is 124 Å². The van der Waals surface area contributed by atoms with E-state index in [2.05, 4.69) is 5.10 Å². The zero-order valence-corrected chi connectivity index (χ0v) is 17.0. The summed E-state index contributed by atoms with van der Waals surface area (Å²) in [6.45, 7) is 0.708. The van der Waals surface area contributed by atoms with Crippen LogP contribution >= 0.6 is 0 Å². The number of amides is 2. The first-order chi connectivity index (χ1) is 15.3. The summed E-state index contributed by atoms with van der Waals surface area (Å²) in [5.41, 5.74) is 6.38. The number of carbonyl (C=O) groups is 2. The second kappa shape index (κ2) is 8.58. The Morgan fingerprint density at radius 2 is 1.75 bits per heavy atom. The summed E-state index contributed by atoms with van der Waals surface area (Å²) in [4.78, 5) is 36.8. The van der Waals surface area contributed by atoms with Crippen molar-refractivity contribution in [2.45, 2.75) is 12.8 Å². The number of carbonyl (C=O) groups excluding carboxylic acids is 2. The van der Waals surface area contributed by atoms with E-state index in [1.165, 1.54) is 41.1 Å². The third kappa shape index (κ3) is 4.07. The molecule has 1 fully saturated rings. The number of benzene rings is 2. The largest absolute Gasteiger partial charge is 0.369 e. The van der Waals surface area contributed by atoms with Crippen LogP contribution in [0, 0.1) is 21.8 Å². The van der Waals surface area contributed by atoms with E-state index in [0.717, 1.165) is 0 Å². The van der Waals surface area contributed by atoms with Crippen LogP contribution in [0.25, 0.3) is 16.9 Å². The van der Waals surface area contributed by atoms with Gasteiger partial charge in [0.25, 0.3) is 11.6 Å². The molecule has 0 spiro atoms. The predicted octanol–water partition coefficient (Wildman–Crippen LogP) is 2.92. The van der Waals surface area contributed by atoms with E-state index in [1.807, 2.05) is 0 Å². The number of rotatable bonds is 5. The fourth-order valence-corrected chi connectivity index (χ4v) is 3.78. The standard InChI is InChI=1S/C22H20FN5O4/c23-18-4-2-1-3-17(18)19-13-20(22(30)26-11-9-14(10-12-26)21(24)29)27(25-19)15-5-7-16(8-6-15)28(31)32/h1-8,13-14H,9-12H2,(H2,24,29). The van der Waals surface area contributed by atoms with Crippen LogP contribution in [-0.2, 0) is 4.79 Å². The van der Waals surface area contributed by atoms with Gasteiger partial charge in [-0.2, -0.15) is 5.10 Å². The van der Waals surface area contributed by atoms with Gasteiger partial charge in [0.05, 0.1) is 16.3 Å². The van der Waals surface area contributed by atoms with Gasteiger partial charge < -0.3 is 10.6 Å². The fraction of sp³-hybridized carbons (Fsp3) is 0.227. The van der Waals surface area contributed by atoms with Crippen molar-refractivity contribution in [3.8, 4) is 16.9 Å². The average molecular weight is 437 g/mol. The average Bonchev–Trinajstić information content (AvgIpc) is 3.24. The summed E-state index contributed by atoms with van der Waals surface area (Å²) in [7, 11) is 0. The first kappa shape index (κ1) is 21.2. The second-order valence-electron chi connectivity index (χ2n) is 7.55. The van der Waals surface area contributed by atoms with Gasteiger partial charge in [0.15, 0.2) is 0 Å². The van der Waals surface area contributed by atoms with Crippen molar-refractivity contribution in [2.24, 2.45) is 11.7 Å². The highest BCUT2D eigenvalue weighted by molar-refractivity contribution is 5.94. The molecule has 0 radical (unpaired) electrons. The van der Waals surface area contributed by atoms with E-state index in [1.54, 1.807) is 23.1 Å². The van der Waals surface area contributed by atoms with Crippen molar-refractivity contribution < 1.29 is 18.9 Å². The number of halogens is 1. The molecule has 3 aromatic rings. The molecule has 32 heavy (non-hydrogen) atoms. The Bertz CT molecular complexity index is 1180. The highest BCUT2D eigenvalue weighted by atomic mass is 19.1. The number of nitro benzene ring substituents is 1. The Hall–Kier alpha value is -4.08. The van der Waals surface area contributed by atoms with Gasteiger partial charge in [-0.1, -0.05) is 12.1 Å². The number of non-ortho nitro benzene ring substituents is 1. The molecule has 2 amide bonds. The molecule has 2 aromatic carbocycles. The number of nitro groups is 1. The lowest BCUT2D eigenvalue weighted by Gasteiger charge is -2.30. The lowest BCUT2D eigenvalue weighted by atomic mass is 9.96. The van der Waals surface area contributed by atoms with Crippen LogP contribution in [0.1, 0.15) is 23.3 Å². The van der Waals surface area contributed by atoms with Crippen molar-refractivity contribution in [3.63, 3.8) is 0 Å². The Kier molecular flexibility index (Phi) is 5.67. The summed E-state index contributed by atoms with van der Waals surface area (Å²) < 4.78 is 15.7. The Labute approximate surface area is 182 Å². The van der Waals surface area contributed by atoms with E-state index in [4.69, 9.17) is 5.73 Å². The van der Waals surface area contributed by atoms with Gasteiger partial charge in [-0.3, -0.25) is 19.7 Å². The summed E-state index contributed by atoms with van der Waals surface area (Å²) >= 11 is 0. The molecular weight excluding hydrogens is 417 g/mol. The smallest absolute Gasteiger partial charge is 0.272 e. The summed E-state index contributed by atoms with van der Waals surface area (Å²) in [6.07, 6.45) is 0.930. The molecule has 164 valence electrons. The van der Waals surface area contributed by atoms with Crippen LogP contribution in [0.3, 0.4) is 0 Å². The van der Waals surface area contributed by atoms with E-state index in [0.29, 0.717) is 31.6 Å². The molecule has 0 unspecified atom stereocenters. The maximum absolute atomic E-state index is 14.4. The number of likely N-dealkylation sites (tertiary alicyclic amines) is 1. The summed E-state index contributed by atoms with van der Waals surface area (Å²) in [5.74, 6) is -1.47. The lowest BCUT2D eigenvalue weighted by molar-refractivity contribution is -0.384. The predicted molar refractivity (Wildman–Crippen MR) is 113 cm³/mol. The first-order valence-corrected chi connectivity index (χ1v) is 10.0. The Morgan fingerprint density at radius 3 is 2.34 bits per heavy atom. The van der Waals surface area contributed by atoms with Crippen molar-refractivity contribution in [1.82, 2.24) is 14.7 Å². The zero-order chi connectivity index (χ0) is 22.8. The van der Waals surface area contributed by atoms with Gasteiger partial charge in [-0.15, -0.1) is 0 Å². The van der Waals surface area contributed by atoms with Crippen molar-refractivity contribution in [3.05, 3.63) is 76.2 Å². The molecule has 0 saturated carbocycles. The molecule has 0 aliphatic carbocycles. The molecule has 4 rings (SSSR count). The fourth-order valence-electron chi connectivity index (χ4n) is 3.78. The van der Waals surface area contributed by atoms with Gasteiger partial charge in [-0.25, -0.2) is 9.07 Å². The molecule has 2 N–H and O–H groups in total. The van der Waals surface area contributed by atoms with Crippen LogP contribution in [0.2, 0.25) is 0 Å². The van der Waals surface area contributed by atoms with Crippen LogP contribution in [0.5, 0.6) is 0 Å². The van der Waals surface area contributed by atoms with Crippen molar-refractivity contribution in [2.75, 3.05) is 13.1 Å². The highest BCUT2D eigenvalue weighted by Gasteiger charge is 2.29. The van der Waals surface area contributed by atoms with E-state index in [-0.39, 0.29) is 40.4 Å². The first-order valence-electron chi connectivity index (χ1n) is 10.0. The normalized spacial score (nSPS) is 14.3. The molecule has 1 aliphatic heterocycles. The highest BCUT2D eigenvalue weighted by Crippen LogP contribution is 2.27. The van der Waals surface area contributed by atoms with Gasteiger partial charge in [0.1, 0.15) is 11.5 Å². The van der Waals surface area contributed by atoms with Gasteiger partial charge in [-0.05, 0) is 43.2 Å². The number of aromatic nitrogens is 2. The molecule has 0 atom stereocenters. The minimum absolute atomic E-state index is 0.100. The third-order valence-corrected chi connectivity index (χ3v) is 5.57. The van der Waals surface area contributed by atoms with E-state index >= 15 is 0 Å². The number of hydrogen-bond donors (Lipinski definition) is 1. The Balaban J connectivity index is 1.73. The van der Waals surface area contributed by atoms with E-state index in [9.17, 15) is 24.1 Å². The van der Waals surface area contributed by atoms with Crippen LogP contribution in [-0.4, -0.2) is 44.5 Å². The van der Waals surface area contributed by atoms with Gasteiger partial charge in [0, 0.05) is 36.7 Å². The number of primary amides is 1.